The Labute approximate surface area is 125 Å². The lowest BCUT2D eigenvalue weighted by Gasteiger charge is -2.30. The third kappa shape index (κ3) is 2.53. The van der Waals surface area contributed by atoms with Crippen molar-refractivity contribution in [2.24, 2.45) is 5.10 Å². The topological polar surface area (TPSA) is 39.2 Å². The molecule has 5 heteroatoms. The molecule has 1 aromatic carbocycles. The lowest BCUT2D eigenvalue weighted by atomic mass is 10.1. The molecule has 0 spiro atoms. The quantitative estimate of drug-likeness (QED) is 0.825. The molecule has 1 fully saturated rings. The Bertz CT molecular complexity index is 573. The molecular formula is C16H22N4O. The van der Waals surface area contributed by atoms with E-state index in [4.69, 9.17) is 0 Å². The van der Waals surface area contributed by atoms with E-state index in [-0.39, 0.29) is 11.9 Å². The average molecular weight is 286 g/mol. The maximum atomic E-state index is 12.7. The Hall–Kier alpha value is -1.88. The minimum Gasteiger partial charge on any atom is -0.304 e. The Morgan fingerprint density at radius 2 is 1.76 bits per heavy atom. The van der Waals surface area contributed by atoms with Gasteiger partial charge >= 0.3 is 0 Å². The summed E-state index contributed by atoms with van der Waals surface area (Å²) in [5.74, 6) is 0.0186. The van der Waals surface area contributed by atoms with Crippen LogP contribution in [0.25, 0.3) is 0 Å². The highest BCUT2D eigenvalue weighted by Crippen LogP contribution is 2.31. The highest BCUT2D eigenvalue weighted by molar-refractivity contribution is 6.54. The first-order valence-electron chi connectivity index (χ1n) is 7.53. The number of nitrogens with zero attached hydrogens (tertiary/aromatic N) is 4. The van der Waals surface area contributed by atoms with Crippen molar-refractivity contribution in [3.8, 4) is 0 Å². The van der Waals surface area contributed by atoms with Gasteiger partial charge in [-0.15, -0.1) is 0 Å². The molecule has 21 heavy (non-hydrogen) atoms. The Balaban J connectivity index is 1.94. The predicted octanol–water partition coefficient (Wildman–Crippen LogP) is 1.39. The van der Waals surface area contributed by atoms with E-state index < -0.39 is 0 Å². The van der Waals surface area contributed by atoms with E-state index in [1.54, 1.807) is 0 Å². The number of anilines is 1. The Morgan fingerprint density at radius 1 is 1.10 bits per heavy atom. The van der Waals surface area contributed by atoms with Gasteiger partial charge in [0.2, 0.25) is 0 Å². The van der Waals surface area contributed by atoms with Gasteiger partial charge in [-0.3, -0.25) is 9.80 Å². The van der Waals surface area contributed by atoms with E-state index >= 15 is 0 Å². The molecule has 0 aliphatic carbocycles. The molecule has 5 nitrogen and oxygen atoms in total. The molecule has 0 bridgehead atoms. The fraction of sp³-hybridized carbons (Fsp3) is 0.500. The molecular weight excluding hydrogens is 264 g/mol. The highest BCUT2D eigenvalue weighted by Gasteiger charge is 2.35. The second kappa shape index (κ2) is 5.48. The minimum atomic E-state index is 0.0186. The van der Waals surface area contributed by atoms with Crippen molar-refractivity contribution in [2.45, 2.75) is 19.9 Å². The van der Waals surface area contributed by atoms with Crippen LogP contribution in [0.5, 0.6) is 0 Å². The van der Waals surface area contributed by atoms with Crippen molar-refractivity contribution < 1.29 is 4.79 Å². The summed E-state index contributed by atoms with van der Waals surface area (Å²) in [7, 11) is 2.11. The molecule has 0 N–H and O–H groups in total. The predicted molar refractivity (Wildman–Crippen MR) is 84.7 cm³/mol. The largest absolute Gasteiger partial charge is 0.304 e. The standard InChI is InChI=1S/C16H22N4O/c1-12(2)20-14-7-5-4-6-13(14)15(16(20)21)17-19-10-8-18(3)9-11-19/h4-7,12H,8-11H2,1-3H3. The lowest BCUT2D eigenvalue weighted by Crippen LogP contribution is -2.43. The number of carbonyl (C=O) groups is 1. The van der Waals surface area contributed by atoms with Gasteiger partial charge in [-0.2, -0.15) is 5.10 Å². The summed E-state index contributed by atoms with van der Waals surface area (Å²) in [5.41, 5.74) is 2.52. The summed E-state index contributed by atoms with van der Waals surface area (Å²) in [6.45, 7) is 7.79. The monoisotopic (exact) mass is 286 g/mol. The second-order valence-corrected chi connectivity index (χ2v) is 5.99. The number of benzene rings is 1. The van der Waals surface area contributed by atoms with Crippen LogP contribution in [0.3, 0.4) is 0 Å². The number of hydrogen-bond donors (Lipinski definition) is 0. The van der Waals surface area contributed by atoms with Crippen LogP contribution in [-0.4, -0.2) is 60.8 Å². The molecule has 1 saturated heterocycles. The van der Waals surface area contributed by atoms with Crippen LogP contribution in [0, 0.1) is 0 Å². The van der Waals surface area contributed by atoms with E-state index in [1.807, 2.05) is 48.0 Å². The van der Waals surface area contributed by atoms with Gasteiger partial charge in [-0.1, -0.05) is 18.2 Å². The Kier molecular flexibility index (Phi) is 3.68. The third-order valence-corrected chi connectivity index (χ3v) is 4.08. The first-order valence-corrected chi connectivity index (χ1v) is 7.53. The molecule has 0 saturated carbocycles. The fourth-order valence-corrected chi connectivity index (χ4v) is 2.87. The van der Waals surface area contributed by atoms with E-state index in [1.165, 1.54) is 0 Å². The summed E-state index contributed by atoms with van der Waals surface area (Å²) in [4.78, 5) is 16.8. The molecule has 3 rings (SSSR count). The number of piperazine rings is 1. The number of likely N-dealkylation sites (N-methyl/N-ethyl adjacent to an activating group) is 1. The number of hydrazone groups is 1. The van der Waals surface area contributed by atoms with Crippen LogP contribution in [-0.2, 0) is 4.79 Å². The van der Waals surface area contributed by atoms with Gasteiger partial charge in [-0.25, -0.2) is 0 Å². The molecule has 1 aromatic rings. The van der Waals surface area contributed by atoms with Gasteiger partial charge in [0.15, 0.2) is 5.71 Å². The second-order valence-electron chi connectivity index (χ2n) is 5.99. The van der Waals surface area contributed by atoms with Crippen molar-refractivity contribution >= 4 is 17.3 Å². The van der Waals surface area contributed by atoms with E-state index in [9.17, 15) is 4.79 Å². The maximum Gasteiger partial charge on any atom is 0.279 e. The Morgan fingerprint density at radius 3 is 2.43 bits per heavy atom. The van der Waals surface area contributed by atoms with E-state index in [2.05, 4.69) is 17.0 Å². The van der Waals surface area contributed by atoms with Crippen LogP contribution < -0.4 is 4.90 Å². The summed E-state index contributed by atoms with van der Waals surface area (Å²) in [5, 5.41) is 6.68. The van der Waals surface area contributed by atoms with Crippen molar-refractivity contribution in [1.82, 2.24) is 9.91 Å². The zero-order chi connectivity index (χ0) is 15.0. The summed E-state index contributed by atoms with van der Waals surface area (Å²) in [6, 6.07) is 8.07. The molecule has 112 valence electrons. The summed E-state index contributed by atoms with van der Waals surface area (Å²) >= 11 is 0. The van der Waals surface area contributed by atoms with Crippen molar-refractivity contribution in [1.29, 1.82) is 0 Å². The highest BCUT2D eigenvalue weighted by atomic mass is 16.2. The van der Waals surface area contributed by atoms with Gasteiger partial charge in [0, 0.05) is 37.8 Å². The lowest BCUT2D eigenvalue weighted by molar-refractivity contribution is -0.112. The van der Waals surface area contributed by atoms with E-state index in [0.717, 1.165) is 37.4 Å². The zero-order valence-corrected chi connectivity index (χ0v) is 12.9. The number of carbonyl (C=O) groups excluding carboxylic acids is 1. The molecule has 2 aliphatic rings. The molecule has 2 aliphatic heterocycles. The first-order chi connectivity index (χ1) is 10.1. The molecule has 0 aromatic heterocycles. The van der Waals surface area contributed by atoms with Gasteiger partial charge in [-0.05, 0) is 27.0 Å². The number of fused-ring (bicyclic) bond motifs is 1. The van der Waals surface area contributed by atoms with Crippen molar-refractivity contribution in [3.05, 3.63) is 29.8 Å². The van der Waals surface area contributed by atoms with Gasteiger partial charge < -0.3 is 9.80 Å². The average Bonchev–Trinajstić information content (AvgIpc) is 2.74. The van der Waals surface area contributed by atoms with Crippen LogP contribution in [0.15, 0.2) is 29.4 Å². The number of rotatable bonds is 2. The fourth-order valence-electron chi connectivity index (χ4n) is 2.87. The van der Waals surface area contributed by atoms with Gasteiger partial charge in [0.1, 0.15) is 0 Å². The van der Waals surface area contributed by atoms with Crippen LogP contribution in [0.1, 0.15) is 19.4 Å². The molecule has 1 amide bonds. The van der Waals surface area contributed by atoms with Gasteiger partial charge in [0.05, 0.1) is 5.69 Å². The van der Waals surface area contributed by atoms with Crippen LogP contribution in [0.4, 0.5) is 5.69 Å². The smallest absolute Gasteiger partial charge is 0.279 e. The third-order valence-electron chi connectivity index (χ3n) is 4.08. The number of amides is 1. The van der Waals surface area contributed by atoms with Crippen LogP contribution >= 0.6 is 0 Å². The zero-order valence-electron chi connectivity index (χ0n) is 12.9. The molecule has 2 heterocycles. The SMILES string of the molecule is CC(C)N1C(=O)C(=NN2CCN(C)CC2)c2ccccc21. The van der Waals surface area contributed by atoms with E-state index in [0.29, 0.717) is 5.71 Å². The summed E-state index contributed by atoms with van der Waals surface area (Å²) in [6.07, 6.45) is 0. The number of hydrogen-bond acceptors (Lipinski definition) is 4. The minimum absolute atomic E-state index is 0.0186. The molecule has 0 radical (unpaired) electrons. The molecule has 0 atom stereocenters. The molecule has 0 unspecified atom stereocenters. The van der Waals surface area contributed by atoms with Crippen molar-refractivity contribution in [2.75, 3.05) is 38.1 Å². The van der Waals surface area contributed by atoms with Crippen LogP contribution in [0.2, 0.25) is 0 Å². The number of para-hydroxylation sites is 1. The first kappa shape index (κ1) is 14.1. The maximum absolute atomic E-state index is 12.7. The normalized spacial score (nSPS) is 21.5. The van der Waals surface area contributed by atoms with Crippen molar-refractivity contribution in [3.63, 3.8) is 0 Å². The van der Waals surface area contributed by atoms with Gasteiger partial charge in [0.25, 0.3) is 5.91 Å². The summed E-state index contributed by atoms with van der Waals surface area (Å²) < 4.78 is 0.